The zero-order valence-corrected chi connectivity index (χ0v) is 18.9. The number of nitrogens with one attached hydrogen (secondary N) is 1. The number of thiophene rings is 1. The van der Waals surface area contributed by atoms with E-state index in [0.29, 0.717) is 34.5 Å². The van der Waals surface area contributed by atoms with E-state index in [9.17, 15) is 9.59 Å². The molecular formula is C21H21N5O4S2. The van der Waals surface area contributed by atoms with Gasteiger partial charge < -0.3 is 14.8 Å². The van der Waals surface area contributed by atoms with Crippen LogP contribution in [0.1, 0.15) is 12.8 Å². The fourth-order valence-corrected chi connectivity index (χ4v) is 5.32. The van der Waals surface area contributed by atoms with Crippen LogP contribution in [0.5, 0.6) is 5.75 Å². The molecule has 32 heavy (non-hydrogen) atoms. The monoisotopic (exact) mass is 471 g/mol. The predicted octanol–water partition coefficient (Wildman–Crippen LogP) is 3.02. The smallest absolute Gasteiger partial charge is 0.272 e. The molecule has 166 valence electrons. The molecule has 0 saturated carbocycles. The lowest BCUT2D eigenvalue weighted by Gasteiger charge is -2.13. The molecular weight excluding hydrogens is 450 g/mol. The molecule has 9 nitrogen and oxygen atoms in total. The van der Waals surface area contributed by atoms with Crippen LogP contribution in [0.25, 0.3) is 16.0 Å². The summed E-state index contributed by atoms with van der Waals surface area (Å²) >= 11 is 2.67. The first kappa shape index (κ1) is 21.0. The summed E-state index contributed by atoms with van der Waals surface area (Å²) in [6.45, 7) is 1.16. The van der Waals surface area contributed by atoms with Crippen molar-refractivity contribution in [3.05, 3.63) is 46.1 Å². The number of hydrogen-bond donors (Lipinski definition) is 1. The fraction of sp³-hybridized carbons (Fsp3) is 0.333. The lowest BCUT2D eigenvalue weighted by atomic mass is 10.2. The average molecular weight is 472 g/mol. The summed E-state index contributed by atoms with van der Waals surface area (Å²) in [5, 5.41) is 13.9. The maximum Gasteiger partial charge on any atom is 0.272 e. The molecule has 4 aromatic rings. The predicted molar refractivity (Wildman–Crippen MR) is 124 cm³/mol. The highest BCUT2D eigenvalue weighted by atomic mass is 32.2. The second kappa shape index (κ2) is 8.93. The van der Waals surface area contributed by atoms with E-state index < -0.39 is 0 Å². The largest absolute Gasteiger partial charge is 0.497 e. The number of carbonyl (C=O) groups is 1. The summed E-state index contributed by atoms with van der Waals surface area (Å²) in [5.74, 6) is 1.19. The Labute approximate surface area is 191 Å². The van der Waals surface area contributed by atoms with E-state index in [1.54, 1.807) is 35.9 Å². The van der Waals surface area contributed by atoms with E-state index in [4.69, 9.17) is 9.47 Å². The molecule has 1 fully saturated rings. The summed E-state index contributed by atoms with van der Waals surface area (Å²) < 4.78 is 15.0. The maximum atomic E-state index is 13.1. The number of anilines is 1. The molecule has 4 heterocycles. The second-order valence-corrected chi connectivity index (χ2v) is 9.23. The highest BCUT2D eigenvalue weighted by Gasteiger charge is 2.22. The van der Waals surface area contributed by atoms with Gasteiger partial charge in [-0.1, -0.05) is 11.8 Å². The van der Waals surface area contributed by atoms with Crippen LogP contribution in [0.3, 0.4) is 0 Å². The Bertz CT molecular complexity index is 1320. The van der Waals surface area contributed by atoms with E-state index >= 15 is 0 Å². The number of methoxy groups -OCH3 is 1. The molecule has 3 aromatic heterocycles. The zero-order valence-electron chi connectivity index (χ0n) is 17.3. The second-order valence-electron chi connectivity index (χ2n) is 7.37. The molecule has 0 aliphatic carbocycles. The molecule has 1 atom stereocenters. The highest BCUT2D eigenvalue weighted by molar-refractivity contribution is 7.99. The first-order valence-corrected chi connectivity index (χ1v) is 12.0. The third kappa shape index (κ3) is 3.98. The standard InChI is InChI=1S/C21H21N5O4S2/c1-29-14-6-4-13(5-7-14)22-17(27)12-32-21-24-23-20-25(11-15-3-2-9-30-15)19(28)18-16(26(20)21)8-10-31-18/h4-8,10,15H,2-3,9,11-12H2,1H3,(H,22,27)/t15-/m1/s1. The Morgan fingerprint density at radius 1 is 1.31 bits per heavy atom. The molecule has 1 aliphatic rings. The van der Waals surface area contributed by atoms with Gasteiger partial charge in [-0.05, 0) is 48.6 Å². The summed E-state index contributed by atoms with van der Waals surface area (Å²) in [4.78, 5) is 25.5. The number of fused-ring (bicyclic) bond motifs is 3. The first-order valence-electron chi connectivity index (χ1n) is 10.2. The number of aromatic nitrogens is 4. The lowest BCUT2D eigenvalue weighted by molar-refractivity contribution is -0.113. The number of hydrogen-bond acceptors (Lipinski definition) is 8. The third-order valence-electron chi connectivity index (χ3n) is 5.30. The van der Waals surface area contributed by atoms with Crippen LogP contribution in [-0.4, -0.2) is 50.6 Å². The Hall–Kier alpha value is -2.89. The van der Waals surface area contributed by atoms with Crippen molar-refractivity contribution in [3.8, 4) is 5.75 Å². The molecule has 0 spiro atoms. The molecule has 5 rings (SSSR count). The van der Waals surface area contributed by atoms with Crippen molar-refractivity contribution in [3.63, 3.8) is 0 Å². The number of thioether (sulfide) groups is 1. The van der Waals surface area contributed by atoms with Gasteiger partial charge in [-0.3, -0.25) is 18.6 Å². The number of amides is 1. The lowest BCUT2D eigenvalue weighted by Crippen LogP contribution is -2.28. The van der Waals surface area contributed by atoms with Gasteiger partial charge in [-0.2, -0.15) is 0 Å². The minimum atomic E-state index is -0.161. The SMILES string of the molecule is COc1ccc(NC(=O)CSc2nnc3n(C[C@H]4CCCO4)c(=O)c4sccc4n23)cc1. The molecule has 1 aliphatic heterocycles. The number of benzene rings is 1. The van der Waals surface area contributed by atoms with Crippen molar-refractivity contribution >= 4 is 50.7 Å². The van der Waals surface area contributed by atoms with Crippen molar-refractivity contribution in [1.29, 1.82) is 0 Å². The quantitative estimate of drug-likeness (QED) is 0.414. The minimum Gasteiger partial charge on any atom is -0.497 e. The van der Waals surface area contributed by atoms with Crippen LogP contribution >= 0.6 is 23.1 Å². The van der Waals surface area contributed by atoms with Crippen molar-refractivity contribution in [2.24, 2.45) is 0 Å². The van der Waals surface area contributed by atoms with Crippen molar-refractivity contribution in [2.75, 3.05) is 24.8 Å². The normalized spacial score (nSPS) is 16.1. The molecule has 0 radical (unpaired) electrons. The van der Waals surface area contributed by atoms with E-state index in [1.165, 1.54) is 23.1 Å². The summed E-state index contributed by atoms with van der Waals surface area (Å²) in [5.41, 5.74) is 1.36. The number of rotatable bonds is 7. The minimum absolute atomic E-state index is 0.00279. The number of ether oxygens (including phenoxy) is 2. The van der Waals surface area contributed by atoms with E-state index in [0.717, 1.165) is 24.1 Å². The van der Waals surface area contributed by atoms with Crippen LogP contribution in [0, 0.1) is 0 Å². The van der Waals surface area contributed by atoms with Crippen molar-refractivity contribution in [2.45, 2.75) is 30.6 Å². The number of nitrogens with zero attached hydrogens (tertiary/aromatic N) is 4. The fourth-order valence-electron chi connectivity index (χ4n) is 3.75. The molecule has 11 heteroatoms. The molecule has 1 aromatic carbocycles. The summed E-state index contributed by atoms with van der Waals surface area (Å²) in [6.07, 6.45) is 1.91. The Morgan fingerprint density at radius 2 is 2.16 bits per heavy atom. The van der Waals surface area contributed by atoms with Gasteiger partial charge in [0.15, 0.2) is 5.16 Å². The van der Waals surface area contributed by atoms with Crippen LogP contribution in [0.2, 0.25) is 0 Å². The van der Waals surface area contributed by atoms with Crippen molar-refractivity contribution in [1.82, 2.24) is 19.2 Å². The Morgan fingerprint density at radius 3 is 2.91 bits per heavy atom. The van der Waals surface area contributed by atoms with Crippen LogP contribution < -0.4 is 15.6 Å². The van der Waals surface area contributed by atoms with Gasteiger partial charge in [0.1, 0.15) is 10.4 Å². The summed E-state index contributed by atoms with van der Waals surface area (Å²) in [6, 6.07) is 9.03. The topological polar surface area (TPSA) is 99.8 Å². The van der Waals surface area contributed by atoms with Gasteiger partial charge in [0.2, 0.25) is 11.7 Å². The molecule has 1 amide bonds. The van der Waals surface area contributed by atoms with Gasteiger partial charge in [0.25, 0.3) is 5.56 Å². The van der Waals surface area contributed by atoms with Gasteiger partial charge >= 0.3 is 0 Å². The van der Waals surface area contributed by atoms with Gasteiger partial charge in [0, 0.05) is 12.3 Å². The first-order chi connectivity index (χ1) is 15.6. The van der Waals surface area contributed by atoms with Crippen LogP contribution in [0.4, 0.5) is 5.69 Å². The molecule has 0 bridgehead atoms. The molecule has 0 unspecified atom stereocenters. The van der Waals surface area contributed by atoms with E-state index in [-0.39, 0.29) is 23.3 Å². The van der Waals surface area contributed by atoms with E-state index in [2.05, 4.69) is 15.5 Å². The maximum absolute atomic E-state index is 13.1. The zero-order chi connectivity index (χ0) is 22.1. The summed E-state index contributed by atoms with van der Waals surface area (Å²) in [7, 11) is 1.60. The Balaban J connectivity index is 1.40. The number of carbonyl (C=O) groups excluding carboxylic acids is 1. The molecule has 1 N–H and O–H groups in total. The highest BCUT2D eigenvalue weighted by Crippen LogP contribution is 2.25. The Kier molecular flexibility index (Phi) is 5.85. The van der Waals surface area contributed by atoms with E-state index in [1.807, 2.05) is 15.8 Å². The van der Waals surface area contributed by atoms with Gasteiger partial charge in [-0.25, -0.2) is 0 Å². The van der Waals surface area contributed by atoms with Crippen molar-refractivity contribution < 1.29 is 14.3 Å². The van der Waals surface area contributed by atoms with Crippen LogP contribution in [-0.2, 0) is 16.1 Å². The molecule has 1 saturated heterocycles. The third-order valence-corrected chi connectivity index (χ3v) is 7.12. The van der Waals surface area contributed by atoms with Gasteiger partial charge in [0.05, 0.1) is 31.0 Å². The average Bonchev–Trinajstić information content (AvgIpc) is 3.56. The van der Waals surface area contributed by atoms with Crippen LogP contribution in [0.15, 0.2) is 45.7 Å². The van der Waals surface area contributed by atoms with Gasteiger partial charge in [-0.15, -0.1) is 21.5 Å².